The number of rotatable bonds is 4. The molecule has 0 aliphatic carbocycles. The molecule has 2 rings (SSSR count). The lowest BCUT2D eigenvalue weighted by Gasteiger charge is -2.17. The Hall–Kier alpha value is -1.62. The van der Waals surface area contributed by atoms with Gasteiger partial charge < -0.3 is 15.4 Å². The number of hydrogen-bond donors (Lipinski definition) is 2. The third kappa shape index (κ3) is 2.79. The van der Waals surface area contributed by atoms with E-state index in [-0.39, 0.29) is 18.1 Å². The molecule has 1 amide bonds. The number of pyridine rings is 1. The number of ether oxygens (including phenoxy) is 1. The first-order valence-corrected chi connectivity index (χ1v) is 6.32. The number of amides is 1. The summed E-state index contributed by atoms with van der Waals surface area (Å²) < 4.78 is 5.44. The Bertz CT molecular complexity index is 422. The second-order valence-corrected chi connectivity index (χ2v) is 4.40. The number of carbonyl (C=O) groups is 1. The molecular weight excluding hydrogens is 230 g/mol. The van der Waals surface area contributed by atoms with Gasteiger partial charge in [0.15, 0.2) is 0 Å². The van der Waals surface area contributed by atoms with Gasteiger partial charge in [0.25, 0.3) is 5.91 Å². The Morgan fingerprint density at radius 1 is 1.61 bits per heavy atom. The lowest BCUT2D eigenvalue weighted by molar-refractivity contribution is 0.0867. The molecular formula is C13H19N3O2. The lowest BCUT2D eigenvalue weighted by Crippen LogP contribution is -2.39. The lowest BCUT2D eigenvalue weighted by atomic mass is 10.1. The highest BCUT2D eigenvalue weighted by atomic mass is 16.5. The van der Waals surface area contributed by atoms with E-state index in [1.54, 1.807) is 18.5 Å². The molecule has 5 nitrogen and oxygen atoms in total. The summed E-state index contributed by atoms with van der Waals surface area (Å²) in [5, 5.41) is 6.15. The number of aromatic nitrogens is 1. The minimum Gasteiger partial charge on any atom is -0.383 e. The van der Waals surface area contributed by atoms with Crippen LogP contribution in [-0.4, -0.2) is 36.2 Å². The largest absolute Gasteiger partial charge is 0.383 e. The Kier molecular flexibility index (Phi) is 4.15. The van der Waals surface area contributed by atoms with E-state index in [1.165, 1.54) is 0 Å². The van der Waals surface area contributed by atoms with Crippen LogP contribution in [-0.2, 0) is 4.74 Å². The molecule has 2 unspecified atom stereocenters. The van der Waals surface area contributed by atoms with Gasteiger partial charge in [0.2, 0.25) is 0 Å². The fourth-order valence-electron chi connectivity index (χ4n) is 2.09. The van der Waals surface area contributed by atoms with Crippen LogP contribution >= 0.6 is 0 Å². The van der Waals surface area contributed by atoms with Crippen molar-refractivity contribution in [2.75, 3.05) is 18.5 Å². The monoisotopic (exact) mass is 249 g/mol. The molecule has 1 aliphatic rings. The van der Waals surface area contributed by atoms with Crippen LogP contribution < -0.4 is 10.6 Å². The van der Waals surface area contributed by atoms with Crippen molar-refractivity contribution in [1.29, 1.82) is 0 Å². The molecule has 1 aliphatic heterocycles. The first kappa shape index (κ1) is 12.8. The van der Waals surface area contributed by atoms with Crippen LogP contribution in [0.2, 0.25) is 0 Å². The highest BCUT2D eigenvalue weighted by Crippen LogP contribution is 2.16. The fourth-order valence-corrected chi connectivity index (χ4v) is 2.09. The molecule has 1 fully saturated rings. The van der Waals surface area contributed by atoms with E-state index in [4.69, 9.17) is 4.74 Å². The molecule has 5 heteroatoms. The average Bonchev–Trinajstić information content (AvgIpc) is 2.76. The van der Waals surface area contributed by atoms with Crippen molar-refractivity contribution in [1.82, 2.24) is 10.3 Å². The maximum Gasteiger partial charge on any atom is 0.253 e. The Balaban J connectivity index is 2.08. The molecule has 98 valence electrons. The van der Waals surface area contributed by atoms with Gasteiger partial charge in [-0.2, -0.15) is 0 Å². The van der Waals surface area contributed by atoms with Gasteiger partial charge in [-0.1, -0.05) is 0 Å². The molecule has 2 atom stereocenters. The van der Waals surface area contributed by atoms with Crippen LogP contribution in [0.5, 0.6) is 0 Å². The maximum atomic E-state index is 12.2. The van der Waals surface area contributed by atoms with E-state index in [1.807, 2.05) is 13.8 Å². The molecule has 0 aromatic carbocycles. The molecule has 0 bridgehead atoms. The van der Waals surface area contributed by atoms with Crippen molar-refractivity contribution < 1.29 is 9.53 Å². The molecule has 0 radical (unpaired) electrons. The molecule has 0 saturated carbocycles. The summed E-state index contributed by atoms with van der Waals surface area (Å²) in [6, 6.07) is 1.83. The van der Waals surface area contributed by atoms with E-state index in [2.05, 4.69) is 15.6 Å². The van der Waals surface area contributed by atoms with Crippen molar-refractivity contribution in [2.45, 2.75) is 32.4 Å². The van der Waals surface area contributed by atoms with E-state index in [9.17, 15) is 4.79 Å². The summed E-state index contributed by atoms with van der Waals surface area (Å²) in [5.41, 5.74) is 1.40. The number of carbonyl (C=O) groups excluding carboxylic acids is 1. The topological polar surface area (TPSA) is 63.2 Å². The summed E-state index contributed by atoms with van der Waals surface area (Å²) >= 11 is 0. The second-order valence-electron chi connectivity index (χ2n) is 4.40. The first-order valence-electron chi connectivity index (χ1n) is 6.32. The Morgan fingerprint density at radius 2 is 2.44 bits per heavy atom. The number of nitrogens with one attached hydrogen (secondary N) is 2. The van der Waals surface area contributed by atoms with E-state index >= 15 is 0 Å². The molecule has 18 heavy (non-hydrogen) atoms. The predicted octanol–water partition coefficient (Wildman–Crippen LogP) is 1.42. The van der Waals surface area contributed by atoms with Gasteiger partial charge in [-0.05, 0) is 26.3 Å². The van der Waals surface area contributed by atoms with Crippen molar-refractivity contribution in [3.63, 3.8) is 0 Å². The minimum absolute atomic E-state index is 0.0734. The molecule has 1 saturated heterocycles. The van der Waals surface area contributed by atoms with Gasteiger partial charge in [-0.25, -0.2) is 0 Å². The molecule has 0 spiro atoms. The Morgan fingerprint density at radius 3 is 3.11 bits per heavy atom. The molecule has 1 aromatic rings. The Labute approximate surface area is 107 Å². The van der Waals surface area contributed by atoms with E-state index in [0.717, 1.165) is 18.7 Å². The van der Waals surface area contributed by atoms with Crippen molar-refractivity contribution in [3.05, 3.63) is 24.0 Å². The van der Waals surface area contributed by atoms with Gasteiger partial charge in [0.1, 0.15) is 0 Å². The van der Waals surface area contributed by atoms with E-state index in [0.29, 0.717) is 12.2 Å². The van der Waals surface area contributed by atoms with Crippen LogP contribution in [0.15, 0.2) is 18.5 Å². The van der Waals surface area contributed by atoms with Gasteiger partial charge in [-0.15, -0.1) is 0 Å². The summed E-state index contributed by atoms with van der Waals surface area (Å²) in [6.45, 7) is 5.44. The van der Waals surface area contributed by atoms with Crippen molar-refractivity contribution >= 4 is 11.6 Å². The van der Waals surface area contributed by atoms with E-state index < -0.39 is 0 Å². The zero-order chi connectivity index (χ0) is 13.0. The van der Waals surface area contributed by atoms with Crippen LogP contribution in [0.4, 0.5) is 5.69 Å². The first-order chi connectivity index (χ1) is 8.72. The van der Waals surface area contributed by atoms with Crippen molar-refractivity contribution in [2.24, 2.45) is 0 Å². The summed E-state index contributed by atoms with van der Waals surface area (Å²) in [6.07, 6.45) is 4.25. The van der Waals surface area contributed by atoms with Gasteiger partial charge in [-0.3, -0.25) is 9.78 Å². The highest BCUT2D eigenvalue weighted by molar-refractivity contribution is 5.99. The number of anilines is 1. The average molecular weight is 249 g/mol. The zero-order valence-electron chi connectivity index (χ0n) is 10.8. The van der Waals surface area contributed by atoms with Crippen LogP contribution in [0, 0.1) is 0 Å². The smallest absolute Gasteiger partial charge is 0.253 e. The minimum atomic E-state index is -0.0734. The third-order valence-corrected chi connectivity index (χ3v) is 3.13. The van der Waals surface area contributed by atoms with Crippen LogP contribution in [0.25, 0.3) is 0 Å². The van der Waals surface area contributed by atoms with Gasteiger partial charge >= 0.3 is 0 Å². The van der Waals surface area contributed by atoms with Gasteiger partial charge in [0.05, 0.1) is 29.6 Å². The maximum absolute atomic E-state index is 12.2. The molecule has 2 heterocycles. The molecule has 2 N–H and O–H groups in total. The van der Waals surface area contributed by atoms with Gasteiger partial charge in [0, 0.05) is 19.3 Å². The van der Waals surface area contributed by atoms with Crippen LogP contribution in [0.3, 0.4) is 0 Å². The quantitative estimate of drug-likeness (QED) is 0.847. The SMILES string of the molecule is CCNc1cnccc1C(=O)NC1CCOC1C. The summed E-state index contributed by atoms with van der Waals surface area (Å²) in [7, 11) is 0. The third-order valence-electron chi connectivity index (χ3n) is 3.13. The molecule has 1 aromatic heterocycles. The fraction of sp³-hybridized carbons (Fsp3) is 0.538. The van der Waals surface area contributed by atoms with Crippen molar-refractivity contribution in [3.8, 4) is 0 Å². The standard InChI is InChI=1S/C13H19N3O2/c1-3-15-12-8-14-6-4-10(12)13(17)16-11-5-7-18-9(11)2/h4,6,8-9,11,15H,3,5,7H2,1-2H3,(H,16,17). The number of hydrogen-bond acceptors (Lipinski definition) is 4. The zero-order valence-corrected chi connectivity index (χ0v) is 10.8. The summed E-state index contributed by atoms with van der Waals surface area (Å²) in [4.78, 5) is 16.2. The number of nitrogens with zero attached hydrogens (tertiary/aromatic N) is 1. The second kappa shape index (κ2) is 5.82. The highest BCUT2D eigenvalue weighted by Gasteiger charge is 2.26. The summed E-state index contributed by atoms with van der Waals surface area (Å²) in [5.74, 6) is -0.0734. The normalized spacial score (nSPS) is 22.8. The predicted molar refractivity (Wildman–Crippen MR) is 69.7 cm³/mol. The van der Waals surface area contributed by atoms with Crippen LogP contribution in [0.1, 0.15) is 30.6 Å².